The molecular formula is C19H17N5O3S. The smallest absolute Gasteiger partial charge is 0.262 e. The molecule has 0 fully saturated rings. The first-order valence-corrected chi connectivity index (χ1v) is 9.53. The van der Waals surface area contributed by atoms with Gasteiger partial charge in [0.1, 0.15) is 11.1 Å². The Kier molecular flexibility index (Phi) is 4.98. The van der Waals surface area contributed by atoms with Crippen molar-refractivity contribution in [2.45, 2.75) is 11.7 Å². The Bertz CT molecular complexity index is 1150. The fourth-order valence-electron chi connectivity index (χ4n) is 2.69. The maximum absolute atomic E-state index is 12.4. The van der Waals surface area contributed by atoms with Gasteiger partial charge in [-0.25, -0.2) is 9.67 Å². The van der Waals surface area contributed by atoms with Crippen LogP contribution >= 0.6 is 11.8 Å². The van der Waals surface area contributed by atoms with Gasteiger partial charge in [-0.05, 0) is 24.3 Å². The molecular weight excluding hydrogens is 378 g/mol. The monoisotopic (exact) mass is 395 g/mol. The molecule has 0 radical (unpaired) electrons. The molecule has 0 bridgehead atoms. The third-order valence-corrected chi connectivity index (χ3v) is 5.01. The number of nitrogens with zero attached hydrogens (tertiary/aromatic N) is 4. The minimum atomic E-state index is -0.286. The summed E-state index contributed by atoms with van der Waals surface area (Å²) < 4.78 is 6.87. The lowest BCUT2D eigenvalue weighted by Crippen LogP contribution is -2.27. The molecule has 4 aromatic rings. The summed E-state index contributed by atoms with van der Waals surface area (Å²) in [7, 11) is 1.70. The van der Waals surface area contributed by atoms with Crippen molar-refractivity contribution in [1.82, 2.24) is 24.6 Å². The second-order valence-corrected chi connectivity index (χ2v) is 7.08. The van der Waals surface area contributed by atoms with Crippen LogP contribution in [-0.2, 0) is 11.3 Å². The van der Waals surface area contributed by atoms with Crippen LogP contribution in [-0.4, -0.2) is 43.4 Å². The van der Waals surface area contributed by atoms with Gasteiger partial charge in [0.25, 0.3) is 5.56 Å². The predicted octanol–water partition coefficient (Wildman–Crippen LogP) is 2.45. The van der Waals surface area contributed by atoms with Crippen molar-refractivity contribution in [3.05, 3.63) is 71.0 Å². The van der Waals surface area contributed by atoms with Gasteiger partial charge < -0.3 is 14.3 Å². The van der Waals surface area contributed by atoms with Gasteiger partial charge in [0.2, 0.25) is 5.91 Å². The van der Waals surface area contributed by atoms with Crippen LogP contribution in [0.1, 0.15) is 5.76 Å². The number of nitrogens with one attached hydrogen (secondary N) is 1. The molecule has 1 N–H and O–H groups in total. The number of furan rings is 1. The highest BCUT2D eigenvalue weighted by Gasteiger charge is 2.15. The Labute approximate surface area is 164 Å². The molecule has 28 heavy (non-hydrogen) atoms. The zero-order valence-corrected chi connectivity index (χ0v) is 15.8. The van der Waals surface area contributed by atoms with Crippen LogP contribution in [0, 0.1) is 0 Å². The lowest BCUT2D eigenvalue weighted by atomic mass is 10.3. The summed E-state index contributed by atoms with van der Waals surface area (Å²) in [5, 5.41) is 5.04. The molecule has 0 aliphatic heterocycles. The molecule has 0 spiro atoms. The predicted molar refractivity (Wildman–Crippen MR) is 105 cm³/mol. The number of hydrogen-bond donors (Lipinski definition) is 1. The van der Waals surface area contributed by atoms with Crippen molar-refractivity contribution >= 4 is 28.7 Å². The Hall–Kier alpha value is -3.33. The molecule has 1 amide bonds. The minimum absolute atomic E-state index is 0.0966. The van der Waals surface area contributed by atoms with E-state index in [4.69, 9.17) is 4.42 Å². The van der Waals surface area contributed by atoms with E-state index in [1.165, 1.54) is 18.0 Å². The number of rotatable bonds is 6. The van der Waals surface area contributed by atoms with Crippen LogP contribution in [0.5, 0.6) is 0 Å². The van der Waals surface area contributed by atoms with E-state index >= 15 is 0 Å². The third kappa shape index (κ3) is 3.70. The standard InChI is InChI=1S/C19H17N5O3S/c1-23(11-14-8-5-9-27-14)16(25)12-28-19-21-17-15(18(26)22-19)10-20-24(17)13-6-3-2-4-7-13/h2-10H,11-12H2,1H3,(H,21,22,26). The van der Waals surface area contributed by atoms with Gasteiger partial charge in [-0.1, -0.05) is 30.0 Å². The van der Waals surface area contributed by atoms with Gasteiger partial charge in [-0.3, -0.25) is 9.59 Å². The van der Waals surface area contributed by atoms with E-state index in [-0.39, 0.29) is 17.2 Å². The largest absolute Gasteiger partial charge is 0.467 e. The summed E-state index contributed by atoms with van der Waals surface area (Å²) in [6.45, 7) is 0.385. The summed E-state index contributed by atoms with van der Waals surface area (Å²) in [5.41, 5.74) is 0.973. The second-order valence-electron chi connectivity index (χ2n) is 6.12. The van der Waals surface area contributed by atoms with Gasteiger partial charge in [-0.15, -0.1) is 0 Å². The number of para-hydroxylation sites is 1. The quantitative estimate of drug-likeness (QED) is 0.398. The number of benzene rings is 1. The summed E-state index contributed by atoms with van der Waals surface area (Å²) in [6, 6.07) is 13.0. The normalized spacial score (nSPS) is 11.0. The lowest BCUT2D eigenvalue weighted by molar-refractivity contribution is -0.127. The zero-order chi connectivity index (χ0) is 19.5. The van der Waals surface area contributed by atoms with Crippen LogP contribution in [0.4, 0.5) is 0 Å². The average Bonchev–Trinajstić information content (AvgIpc) is 3.36. The Morgan fingerprint density at radius 2 is 2.07 bits per heavy atom. The number of carbonyl (C=O) groups excluding carboxylic acids is 1. The van der Waals surface area contributed by atoms with E-state index in [1.807, 2.05) is 36.4 Å². The topological polar surface area (TPSA) is 97.0 Å². The van der Waals surface area contributed by atoms with Gasteiger partial charge in [-0.2, -0.15) is 5.10 Å². The number of hydrogen-bond acceptors (Lipinski definition) is 6. The van der Waals surface area contributed by atoms with Crippen molar-refractivity contribution in [1.29, 1.82) is 0 Å². The first kappa shape index (κ1) is 18.1. The van der Waals surface area contributed by atoms with Gasteiger partial charge >= 0.3 is 0 Å². The summed E-state index contributed by atoms with van der Waals surface area (Å²) in [5.74, 6) is 0.756. The van der Waals surface area contributed by atoms with Crippen LogP contribution in [0.2, 0.25) is 0 Å². The Balaban J connectivity index is 1.53. The average molecular weight is 395 g/mol. The Morgan fingerprint density at radius 1 is 1.25 bits per heavy atom. The number of aromatic nitrogens is 4. The highest BCUT2D eigenvalue weighted by molar-refractivity contribution is 7.99. The number of aromatic amines is 1. The van der Waals surface area contributed by atoms with E-state index < -0.39 is 0 Å². The lowest BCUT2D eigenvalue weighted by Gasteiger charge is -2.15. The number of fused-ring (bicyclic) bond motifs is 1. The van der Waals surface area contributed by atoms with Crippen molar-refractivity contribution in [2.24, 2.45) is 0 Å². The molecule has 0 aliphatic carbocycles. The first-order valence-electron chi connectivity index (χ1n) is 8.54. The third-order valence-electron chi connectivity index (χ3n) is 4.15. The van der Waals surface area contributed by atoms with Crippen molar-refractivity contribution in [3.8, 4) is 5.69 Å². The molecule has 0 aliphatic rings. The molecule has 9 heteroatoms. The summed E-state index contributed by atoms with van der Waals surface area (Å²) >= 11 is 1.18. The fourth-order valence-corrected chi connectivity index (χ4v) is 3.49. The molecule has 3 heterocycles. The van der Waals surface area contributed by atoms with Gasteiger partial charge in [0.05, 0.1) is 30.4 Å². The molecule has 0 saturated carbocycles. The zero-order valence-electron chi connectivity index (χ0n) is 15.0. The molecule has 0 saturated heterocycles. The van der Waals surface area contributed by atoms with Crippen molar-refractivity contribution in [2.75, 3.05) is 12.8 Å². The summed E-state index contributed by atoms with van der Waals surface area (Å²) in [6.07, 6.45) is 3.06. The highest BCUT2D eigenvalue weighted by atomic mass is 32.2. The van der Waals surface area contributed by atoms with Gasteiger partial charge in [0, 0.05) is 7.05 Å². The SMILES string of the molecule is CN(Cc1ccco1)C(=O)CSc1nc2c(cnn2-c2ccccc2)c(=O)[nH]1. The highest BCUT2D eigenvalue weighted by Crippen LogP contribution is 2.18. The summed E-state index contributed by atoms with van der Waals surface area (Å²) in [4.78, 5) is 33.5. The molecule has 8 nitrogen and oxygen atoms in total. The maximum Gasteiger partial charge on any atom is 0.262 e. The maximum atomic E-state index is 12.4. The molecule has 1 aromatic carbocycles. The first-order chi connectivity index (χ1) is 13.6. The van der Waals surface area contributed by atoms with E-state index in [9.17, 15) is 9.59 Å². The fraction of sp³-hybridized carbons (Fsp3) is 0.158. The number of thioether (sulfide) groups is 1. The van der Waals surface area contributed by atoms with Crippen LogP contribution < -0.4 is 5.56 Å². The van der Waals surface area contributed by atoms with Crippen LogP contribution in [0.3, 0.4) is 0 Å². The number of amides is 1. The number of H-pyrrole nitrogens is 1. The van der Waals surface area contributed by atoms with E-state index in [0.717, 1.165) is 5.69 Å². The van der Waals surface area contributed by atoms with Gasteiger partial charge in [0.15, 0.2) is 10.8 Å². The molecule has 0 unspecified atom stereocenters. The van der Waals surface area contributed by atoms with Crippen molar-refractivity contribution < 1.29 is 9.21 Å². The molecule has 142 valence electrons. The van der Waals surface area contributed by atoms with Crippen LogP contribution in [0.25, 0.3) is 16.7 Å². The molecule has 4 rings (SSSR count). The van der Waals surface area contributed by atoms with E-state index in [1.54, 1.807) is 29.0 Å². The number of carbonyl (C=O) groups is 1. The molecule has 0 atom stereocenters. The van der Waals surface area contributed by atoms with Crippen LogP contribution in [0.15, 0.2) is 69.3 Å². The molecule has 3 aromatic heterocycles. The van der Waals surface area contributed by atoms with E-state index in [0.29, 0.717) is 28.5 Å². The Morgan fingerprint density at radius 3 is 2.82 bits per heavy atom. The second kappa shape index (κ2) is 7.73. The minimum Gasteiger partial charge on any atom is -0.467 e. The van der Waals surface area contributed by atoms with E-state index in [2.05, 4.69) is 15.1 Å². The van der Waals surface area contributed by atoms with Crippen molar-refractivity contribution in [3.63, 3.8) is 0 Å².